The molecule has 1 aromatic rings. The minimum atomic E-state index is -0.133. The Balaban J connectivity index is 1.48. The molecule has 0 radical (unpaired) electrons. The molecule has 2 aliphatic rings. The summed E-state index contributed by atoms with van der Waals surface area (Å²) in [5.41, 5.74) is 0.547. The number of hydrogen-bond donors (Lipinski definition) is 1. The van der Waals surface area contributed by atoms with Crippen molar-refractivity contribution < 1.29 is 9.53 Å². The number of amides is 2. The number of anilines is 1. The predicted octanol–water partition coefficient (Wildman–Crippen LogP) is 3.32. The first-order valence-corrected chi connectivity index (χ1v) is 8.72. The summed E-state index contributed by atoms with van der Waals surface area (Å²) in [7, 11) is 0. The van der Waals surface area contributed by atoms with Crippen LogP contribution < -0.4 is 5.32 Å². The first-order valence-electron chi connectivity index (χ1n) is 7.97. The van der Waals surface area contributed by atoms with E-state index in [1.54, 1.807) is 18.2 Å². The van der Waals surface area contributed by atoms with E-state index in [9.17, 15) is 4.79 Å². The van der Waals surface area contributed by atoms with Crippen LogP contribution in [0, 0.1) is 0 Å². The Hall–Kier alpha value is -1.01. The second-order valence-electron chi connectivity index (χ2n) is 5.98. The van der Waals surface area contributed by atoms with Crippen LogP contribution >= 0.6 is 23.2 Å². The van der Waals surface area contributed by atoms with Crippen LogP contribution in [0.15, 0.2) is 18.2 Å². The smallest absolute Gasteiger partial charge is 0.321 e. The molecule has 3 rings (SSSR count). The molecule has 2 heterocycles. The third kappa shape index (κ3) is 4.51. The second kappa shape index (κ2) is 7.71. The maximum atomic E-state index is 12.4. The van der Waals surface area contributed by atoms with Gasteiger partial charge in [-0.25, -0.2) is 4.79 Å². The molecule has 1 N–H and O–H groups in total. The normalized spacial score (nSPS) is 22.3. The molecular weight excluding hydrogens is 337 g/mol. The highest BCUT2D eigenvalue weighted by Gasteiger charge is 2.25. The molecule has 0 saturated carbocycles. The number of carbonyl (C=O) groups excluding carboxylic acids is 1. The van der Waals surface area contributed by atoms with E-state index in [0.29, 0.717) is 34.9 Å². The number of benzene rings is 1. The maximum Gasteiger partial charge on any atom is 0.321 e. The number of halogens is 2. The van der Waals surface area contributed by atoms with Gasteiger partial charge in [0.2, 0.25) is 0 Å². The van der Waals surface area contributed by atoms with Gasteiger partial charge in [-0.1, -0.05) is 23.2 Å². The Morgan fingerprint density at radius 3 is 2.74 bits per heavy atom. The first kappa shape index (κ1) is 16.8. The first-order chi connectivity index (χ1) is 11.1. The zero-order valence-corrected chi connectivity index (χ0v) is 14.4. The van der Waals surface area contributed by atoms with E-state index in [0.717, 1.165) is 39.1 Å². The lowest BCUT2D eigenvalue weighted by Gasteiger charge is -2.35. The van der Waals surface area contributed by atoms with Gasteiger partial charge in [0.25, 0.3) is 0 Å². The zero-order chi connectivity index (χ0) is 16.2. The molecule has 5 nitrogen and oxygen atoms in total. The van der Waals surface area contributed by atoms with E-state index in [2.05, 4.69) is 10.2 Å². The summed E-state index contributed by atoms with van der Waals surface area (Å²) in [6, 6.07) is 4.91. The Morgan fingerprint density at radius 2 is 2.04 bits per heavy atom. The van der Waals surface area contributed by atoms with Crippen molar-refractivity contribution in [3.63, 3.8) is 0 Å². The van der Waals surface area contributed by atoms with E-state index in [4.69, 9.17) is 27.9 Å². The van der Waals surface area contributed by atoms with Crippen molar-refractivity contribution in [3.8, 4) is 0 Å². The Labute approximate surface area is 146 Å². The number of nitrogens with zero attached hydrogens (tertiary/aromatic N) is 2. The van der Waals surface area contributed by atoms with Crippen molar-refractivity contribution in [2.45, 2.75) is 18.9 Å². The molecule has 23 heavy (non-hydrogen) atoms. The molecule has 2 aliphatic heterocycles. The van der Waals surface area contributed by atoms with E-state index in [1.807, 2.05) is 4.90 Å². The Bertz CT molecular complexity index is 556. The molecule has 2 fully saturated rings. The van der Waals surface area contributed by atoms with Crippen LogP contribution in [0.1, 0.15) is 12.8 Å². The molecule has 2 saturated heterocycles. The van der Waals surface area contributed by atoms with Crippen molar-refractivity contribution in [1.82, 2.24) is 9.80 Å². The monoisotopic (exact) mass is 357 g/mol. The minimum Gasteiger partial charge on any atom is -0.377 e. The SMILES string of the molecule is O=C(Nc1cc(Cl)ccc1Cl)N1CCN(CC2CCCO2)CC1. The van der Waals surface area contributed by atoms with Crippen LogP contribution in [-0.4, -0.2) is 61.3 Å². The average Bonchev–Trinajstić information content (AvgIpc) is 3.04. The van der Waals surface area contributed by atoms with E-state index in [-0.39, 0.29) is 6.03 Å². The van der Waals surface area contributed by atoms with Crippen LogP contribution in [0.5, 0.6) is 0 Å². The summed E-state index contributed by atoms with van der Waals surface area (Å²) < 4.78 is 5.67. The van der Waals surface area contributed by atoms with Crippen LogP contribution in [0.25, 0.3) is 0 Å². The lowest BCUT2D eigenvalue weighted by molar-refractivity contribution is 0.0572. The van der Waals surface area contributed by atoms with Gasteiger partial charge in [0.1, 0.15) is 0 Å². The molecule has 0 spiro atoms. The molecular formula is C16H21Cl2N3O2. The summed E-state index contributed by atoms with van der Waals surface area (Å²) in [4.78, 5) is 16.5. The highest BCUT2D eigenvalue weighted by atomic mass is 35.5. The van der Waals surface area contributed by atoms with Gasteiger partial charge in [-0.3, -0.25) is 4.90 Å². The van der Waals surface area contributed by atoms with Crippen molar-refractivity contribution in [2.24, 2.45) is 0 Å². The fourth-order valence-electron chi connectivity index (χ4n) is 3.00. The van der Waals surface area contributed by atoms with Crippen molar-refractivity contribution in [2.75, 3.05) is 44.6 Å². The van der Waals surface area contributed by atoms with Gasteiger partial charge < -0.3 is 15.0 Å². The van der Waals surface area contributed by atoms with Crippen LogP contribution in [0.3, 0.4) is 0 Å². The number of ether oxygens (including phenoxy) is 1. The molecule has 0 aliphatic carbocycles. The third-order valence-corrected chi connectivity index (χ3v) is 4.88. The Morgan fingerprint density at radius 1 is 1.26 bits per heavy atom. The number of rotatable bonds is 3. The van der Waals surface area contributed by atoms with Gasteiger partial charge >= 0.3 is 6.03 Å². The van der Waals surface area contributed by atoms with Crippen molar-refractivity contribution in [3.05, 3.63) is 28.2 Å². The number of hydrogen-bond acceptors (Lipinski definition) is 3. The molecule has 1 unspecified atom stereocenters. The molecule has 0 aromatic heterocycles. The standard InChI is InChI=1S/C16H21Cl2N3O2/c17-12-3-4-14(18)15(10-12)19-16(22)21-7-5-20(6-8-21)11-13-2-1-9-23-13/h3-4,10,13H,1-2,5-9,11H2,(H,19,22). The molecule has 0 bridgehead atoms. The van der Waals surface area contributed by atoms with Crippen LogP contribution in [0.4, 0.5) is 10.5 Å². The van der Waals surface area contributed by atoms with E-state index in [1.165, 1.54) is 0 Å². The third-order valence-electron chi connectivity index (χ3n) is 4.32. The number of nitrogens with one attached hydrogen (secondary N) is 1. The maximum absolute atomic E-state index is 12.4. The molecule has 126 valence electrons. The number of piperazine rings is 1. The summed E-state index contributed by atoms with van der Waals surface area (Å²) in [6.45, 7) is 5.00. The summed E-state index contributed by atoms with van der Waals surface area (Å²) in [5, 5.41) is 3.87. The minimum absolute atomic E-state index is 0.133. The average molecular weight is 358 g/mol. The second-order valence-corrected chi connectivity index (χ2v) is 6.82. The molecule has 1 atom stereocenters. The topological polar surface area (TPSA) is 44.8 Å². The summed E-state index contributed by atoms with van der Waals surface area (Å²) in [6.07, 6.45) is 2.67. The Kier molecular flexibility index (Phi) is 5.64. The zero-order valence-electron chi connectivity index (χ0n) is 12.9. The van der Waals surface area contributed by atoms with Gasteiger partial charge in [0.05, 0.1) is 16.8 Å². The number of urea groups is 1. The lowest BCUT2D eigenvalue weighted by atomic mass is 10.2. The quantitative estimate of drug-likeness (QED) is 0.902. The largest absolute Gasteiger partial charge is 0.377 e. The van der Waals surface area contributed by atoms with Gasteiger partial charge in [0.15, 0.2) is 0 Å². The van der Waals surface area contributed by atoms with E-state index < -0.39 is 0 Å². The highest BCUT2D eigenvalue weighted by Crippen LogP contribution is 2.25. The van der Waals surface area contributed by atoms with Crippen LogP contribution in [-0.2, 0) is 4.74 Å². The fraction of sp³-hybridized carbons (Fsp3) is 0.562. The fourth-order valence-corrected chi connectivity index (χ4v) is 3.33. The van der Waals surface area contributed by atoms with Crippen molar-refractivity contribution >= 4 is 34.9 Å². The summed E-state index contributed by atoms with van der Waals surface area (Å²) >= 11 is 12.0. The highest BCUT2D eigenvalue weighted by molar-refractivity contribution is 6.35. The molecule has 1 aromatic carbocycles. The van der Waals surface area contributed by atoms with Gasteiger partial charge in [-0.2, -0.15) is 0 Å². The molecule has 2 amide bonds. The van der Waals surface area contributed by atoms with Gasteiger partial charge in [-0.15, -0.1) is 0 Å². The van der Waals surface area contributed by atoms with E-state index >= 15 is 0 Å². The molecule has 7 heteroatoms. The lowest BCUT2D eigenvalue weighted by Crippen LogP contribution is -2.51. The van der Waals surface area contributed by atoms with Gasteiger partial charge in [0, 0.05) is 44.4 Å². The summed E-state index contributed by atoms with van der Waals surface area (Å²) in [5.74, 6) is 0. The predicted molar refractivity (Wildman–Crippen MR) is 92.5 cm³/mol. The van der Waals surface area contributed by atoms with Crippen LogP contribution in [0.2, 0.25) is 10.0 Å². The number of carbonyl (C=O) groups is 1. The van der Waals surface area contributed by atoms with Gasteiger partial charge in [-0.05, 0) is 31.0 Å². The van der Waals surface area contributed by atoms with Crippen molar-refractivity contribution in [1.29, 1.82) is 0 Å².